The fourth-order valence-corrected chi connectivity index (χ4v) is 2.01. The van der Waals surface area contributed by atoms with E-state index in [0.29, 0.717) is 11.3 Å². The number of carbonyl (C=O) groups excluding carboxylic acids is 1. The number of hydrogen-bond acceptors (Lipinski definition) is 3. The van der Waals surface area contributed by atoms with Gasteiger partial charge in [-0.25, -0.2) is 4.39 Å². The van der Waals surface area contributed by atoms with E-state index in [4.69, 9.17) is 0 Å². The number of halogens is 1. The predicted molar refractivity (Wildman–Crippen MR) is 75.5 cm³/mol. The third-order valence-electron chi connectivity index (χ3n) is 2.88. The van der Waals surface area contributed by atoms with Crippen molar-refractivity contribution in [3.05, 3.63) is 71.0 Å². The van der Waals surface area contributed by atoms with Gasteiger partial charge in [0.2, 0.25) is 0 Å². The summed E-state index contributed by atoms with van der Waals surface area (Å²) < 4.78 is 14.0. The molecule has 4 heteroatoms. The Kier molecular flexibility index (Phi) is 4.25. The van der Waals surface area contributed by atoms with E-state index in [1.807, 2.05) is 6.07 Å². The summed E-state index contributed by atoms with van der Waals surface area (Å²) in [4.78, 5) is 17.1. The second-order valence-corrected chi connectivity index (χ2v) is 4.22. The zero-order valence-corrected chi connectivity index (χ0v) is 11.3. The Bertz CT molecular complexity index is 651. The maximum Gasteiger partial charge on any atom is 0.193 e. The van der Waals surface area contributed by atoms with Gasteiger partial charge in [0, 0.05) is 16.7 Å². The van der Waals surface area contributed by atoms with Gasteiger partial charge in [-0.05, 0) is 13.0 Å². The molecule has 0 aliphatic heterocycles. The molecule has 2 rings (SSSR count). The molecule has 0 radical (unpaired) electrons. The maximum atomic E-state index is 14.0. The Labute approximate surface area is 116 Å². The number of carbonyl (C=O) groups is 1. The monoisotopic (exact) mass is 271 g/mol. The summed E-state index contributed by atoms with van der Waals surface area (Å²) in [5.74, 6) is -0.740. The van der Waals surface area contributed by atoms with Gasteiger partial charge in [0.25, 0.3) is 0 Å². The van der Waals surface area contributed by atoms with Crippen LogP contribution in [-0.2, 0) is 4.84 Å². The van der Waals surface area contributed by atoms with Crippen LogP contribution in [0.5, 0.6) is 0 Å². The van der Waals surface area contributed by atoms with Crippen molar-refractivity contribution in [2.45, 2.75) is 6.92 Å². The van der Waals surface area contributed by atoms with Crippen LogP contribution in [0.15, 0.2) is 53.7 Å². The largest absolute Gasteiger partial charge is 0.399 e. The van der Waals surface area contributed by atoms with Crippen LogP contribution in [0.2, 0.25) is 0 Å². The number of nitrogens with zero attached hydrogens (tertiary/aromatic N) is 1. The lowest BCUT2D eigenvalue weighted by molar-refractivity contribution is 0.103. The van der Waals surface area contributed by atoms with Crippen molar-refractivity contribution in [1.29, 1.82) is 0 Å². The molecule has 0 spiro atoms. The Morgan fingerprint density at radius 1 is 1.10 bits per heavy atom. The molecule has 0 aliphatic rings. The molecule has 3 nitrogen and oxygen atoms in total. The van der Waals surface area contributed by atoms with Crippen LogP contribution in [0.4, 0.5) is 4.39 Å². The average Bonchev–Trinajstić information content (AvgIpc) is 2.47. The van der Waals surface area contributed by atoms with Gasteiger partial charge in [0.05, 0.1) is 5.71 Å². The van der Waals surface area contributed by atoms with Crippen LogP contribution >= 0.6 is 0 Å². The lowest BCUT2D eigenvalue weighted by Crippen LogP contribution is -2.11. The number of benzene rings is 2. The van der Waals surface area contributed by atoms with Crippen molar-refractivity contribution in [2.75, 3.05) is 7.11 Å². The molecule has 0 N–H and O–H groups in total. The van der Waals surface area contributed by atoms with Crippen LogP contribution < -0.4 is 0 Å². The molecule has 2 aromatic rings. The summed E-state index contributed by atoms with van der Waals surface area (Å²) in [5.41, 5.74) is 1.27. The second kappa shape index (κ2) is 6.10. The van der Waals surface area contributed by atoms with Crippen molar-refractivity contribution in [1.82, 2.24) is 0 Å². The molecule has 102 valence electrons. The molecule has 0 fully saturated rings. The first-order valence-electron chi connectivity index (χ1n) is 6.11. The van der Waals surface area contributed by atoms with Gasteiger partial charge in [-0.3, -0.25) is 4.79 Å². The fourth-order valence-electron chi connectivity index (χ4n) is 2.01. The van der Waals surface area contributed by atoms with E-state index in [1.165, 1.54) is 19.2 Å². The minimum absolute atomic E-state index is 0.170. The van der Waals surface area contributed by atoms with Gasteiger partial charge < -0.3 is 4.84 Å². The third kappa shape index (κ3) is 2.74. The average molecular weight is 271 g/mol. The highest BCUT2D eigenvalue weighted by Crippen LogP contribution is 2.19. The van der Waals surface area contributed by atoms with E-state index < -0.39 is 5.82 Å². The summed E-state index contributed by atoms with van der Waals surface area (Å²) in [6, 6.07) is 13.1. The van der Waals surface area contributed by atoms with E-state index in [2.05, 4.69) is 9.99 Å². The normalized spacial score (nSPS) is 11.2. The summed E-state index contributed by atoms with van der Waals surface area (Å²) in [6.07, 6.45) is 0. The topological polar surface area (TPSA) is 38.7 Å². The Hall–Kier alpha value is -2.49. The molecular formula is C16H14FNO2. The minimum atomic E-state index is -0.495. The highest BCUT2D eigenvalue weighted by atomic mass is 19.1. The van der Waals surface area contributed by atoms with Crippen molar-refractivity contribution < 1.29 is 14.0 Å². The van der Waals surface area contributed by atoms with Crippen molar-refractivity contribution in [3.8, 4) is 0 Å². The molecule has 0 aromatic heterocycles. The Morgan fingerprint density at radius 3 is 2.45 bits per heavy atom. The third-order valence-corrected chi connectivity index (χ3v) is 2.88. The zero-order chi connectivity index (χ0) is 14.5. The van der Waals surface area contributed by atoms with Crippen molar-refractivity contribution in [3.63, 3.8) is 0 Å². The van der Waals surface area contributed by atoms with Gasteiger partial charge in [-0.1, -0.05) is 47.6 Å². The Balaban J connectivity index is 2.55. The summed E-state index contributed by atoms with van der Waals surface area (Å²) in [6.45, 7) is 1.60. The van der Waals surface area contributed by atoms with Crippen molar-refractivity contribution in [2.24, 2.45) is 5.16 Å². The van der Waals surface area contributed by atoms with Gasteiger partial charge in [0.15, 0.2) is 5.78 Å². The molecule has 0 heterocycles. The molecule has 0 aliphatic carbocycles. The first-order valence-corrected chi connectivity index (χ1v) is 6.11. The summed E-state index contributed by atoms with van der Waals surface area (Å²) in [7, 11) is 1.38. The van der Waals surface area contributed by atoms with Gasteiger partial charge in [0.1, 0.15) is 12.9 Å². The smallest absolute Gasteiger partial charge is 0.193 e. The molecule has 0 saturated heterocycles. The second-order valence-electron chi connectivity index (χ2n) is 4.22. The van der Waals surface area contributed by atoms with Gasteiger partial charge >= 0.3 is 0 Å². The summed E-state index contributed by atoms with van der Waals surface area (Å²) in [5, 5.41) is 3.72. The van der Waals surface area contributed by atoms with E-state index in [1.54, 1.807) is 37.3 Å². The zero-order valence-electron chi connectivity index (χ0n) is 11.3. The number of hydrogen-bond donors (Lipinski definition) is 0. The quantitative estimate of drug-likeness (QED) is 0.485. The van der Waals surface area contributed by atoms with Gasteiger partial charge in [-0.2, -0.15) is 0 Å². The van der Waals surface area contributed by atoms with Crippen LogP contribution in [-0.4, -0.2) is 18.6 Å². The van der Waals surface area contributed by atoms with Crippen LogP contribution in [0.3, 0.4) is 0 Å². The SMILES string of the molecule is CO/N=C(\C)c1c(F)cccc1C(=O)c1ccccc1. The molecule has 0 bridgehead atoms. The van der Waals surface area contributed by atoms with E-state index in [0.717, 1.165) is 0 Å². The molecule has 0 atom stereocenters. The van der Waals surface area contributed by atoms with Crippen LogP contribution in [0.25, 0.3) is 0 Å². The van der Waals surface area contributed by atoms with Gasteiger partial charge in [-0.15, -0.1) is 0 Å². The number of ketones is 1. The highest BCUT2D eigenvalue weighted by Gasteiger charge is 2.18. The minimum Gasteiger partial charge on any atom is -0.399 e. The lowest BCUT2D eigenvalue weighted by atomic mass is 9.96. The Morgan fingerprint density at radius 2 is 1.80 bits per heavy atom. The van der Waals surface area contributed by atoms with Crippen LogP contribution in [0.1, 0.15) is 28.4 Å². The molecule has 0 amide bonds. The lowest BCUT2D eigenvalue weighted by Gasteiger charge is -2.09. The number of rotatable bonds is 4. The first kappa shape index (κ1) is 13.9. The number of oxime groups is 1. The standard InChI is InChI=1S/C16H14FNO2/c1-11(18-20-2)15-13(9-6-10-14(15)17)16(19)12-7-4-3-5-8-12/h3-10H,1-2H3/b18-11+. The fraction of sp³-hybridized carbons (Fsp3) is 0.125. The first-order chi connectivity index (χ1) is 9.65. The van der Waals surface area contributed by atoms with Crippen LogP contribution in [0, 0.1) is 5.82 Å². The predicted octanol–water partition coefficient (Wildman–Crippen LogP) is 3.43. The highest BCUT2D eigenvalue weighted by molar-refractivity contribution is 6.16. The molecule has 2 aromatic carbocycles. The molecule has 0 unspecified atom stereocenters. The van der Waals surface area contributed by atoms with E-state index in [-0.39, 0.29) is 16.9 Å². The summed E-state index contributed by atoms with van der Waals surface area (Å²) >= 11 is 0. The molecular weight excluding hydrogens is 257 g/mol. The van der Waals surface area contributed by atoms with E-state index >= 15 is 0 Å². The maximum absolute atomic E-state index is 14.0. The molecule has 20 heavy (non-hydrogen) atoms. The van der Waals surface area contributed by atoms with Crippen molar-refractivity contribution >= 4 is 11.5 Å². The molecule has 0 saturated carbocycles. The van der Waals surface area contributed by atoms with E-state index in [9.17, 15) is 9.18 Å².